The van der Waals surface area contributed by atoms with Crippen molar-refractivity contribution in [1.82, 2.24) is 9.97 Å². The minimum atomic E-state index is 0.693. The summed E-state index contributed by atoms with van der Waals surface area (Å²) in [7, 11) is 0. The molecule has 3 aromatic heterocycles. The van der Waals surface area contributed by atoms with Gasteiger partial charge in [0, 0.05) is 47.6 Å². The number of furan rings is 1. The molecule has 252 valence electrons. The molecular formula is C50H30N2OS. The van der Waals surface area contributed by atoms with E-state index in [2.05, 4.69) is 164 Å². The van der Waals surface area contributed by atoms with Crippen LogP contribution in [-0.2, 0) is 0 Å². The summed E-state index contributed by atoms with van der Waals surface area (Å²) in [6, 6.07) is 64.4. The molecule has 0 saturated heterocycles. The Morgan fingerprint density at radius 3 is 1.83 bits per heavy atom. The minimum absolute atomic E-state index is 0.693. The summed E-state index contributed by atoms with van der Waals surface area (Å²) in [6.45, 7) is 0. The molecule has 0 radical (unpaired) electrons. The van der Waals surface area contributed by atoms with Crippen molar-refractivity contribution < 1.29 is 4.42 Å². The van der Waals surface area contributed by atoms with Gasteiger partial charge in [-0.2, -0.15) is 0 Å². The number of benzene rings is 8. The molecule has 0 spiro atoms. The van der Waals surface area contributed by atoms with Gasteiger partial charge < -0.3 is 4.42 Å². The van der Waals surface area contributed by atoms with Crippen molar-refractivity contribution in [2.24, 2.45) is 0 Å². The smallest absolute Gasteiger partial charge is 0.161 e. The molecule has 0 saturated carbocycles. The first-order valence-corrected chi connectivity index (χ1v) is 19.0. The molecule has 3 heterocycles. The molecule has 0 unspecified atom stereocenters. The second-order valence-corrected chi connectivity index (χ2v) is 14.8. The predicted octanol–water partition coefficient (Wildman–Crippen LogP) is 14.2. The summed E-state index contributed by atoms with van der Waals surface area (Å²) in [5.74, 6) is 0.693. The Morgan fingerprint density at radius 2 is 1.02 bits per heavy atom. The van der Waals surface area contributed by atoms with E-state index in [9.17, 15) is 0 Å². The van der Waals surface area contributed by atoms with Crippen molar-refractivity contribution in [1.29, 1.82) is 0 Å². The van der Waals surface area contributed by atoms with Crippen molar-refractivity contribution in [3.8, 4) is 56.2 Å². The Hall–Kier alpha value is -6.88. The van der Waals surface area contributed by atoms with E-state index < -0.39 is 0 Å². The molecule has 4 heteroatoms. The molecule has 0 fully saturated rings. The fourth-order valence-electron chi connectivity index (χ4n) is 7.88. The molecule has 0 aliphatic heterocycles. The normalized spacial score (nSPS) is 11.7. The number of hydrogen-bond acceptors (Lipinski definition) is 4. The van der Waals surface area contributed by atoms with Gasteiger partial charge in [-0.15, -0.1) is 11.3 Å². The maximum Gasteiger partial charge on any atom is 0.161 e. The van der Waals surface area contributed by atoms with Gasteiger partial charge >= 0.3 is 0 Å². The molecule has 0 atom stereocenters. The van der Waals surface area contributed by atoms with E-state index >= 15 is 0 Å². The number of aromatic nitrogens is 2. The third-order valence-corrected chi connectivity index (χ3v) is 11.6. The lowest BCUT2D eigenvalue weighted by atomic mass is 9.97. The standard InChI is InChI=1S/C50H30N2OS/c1-3-12-31(13-4-1)33-22-23-35-27-36(25-24-34(35)26-33)42-30-43(38-18-11-20-45-48(38)39-16-7-9-19-44(39)53-45)52-50(51-42)41-28-37(32-14-5-2-6-15-32)29-47-49(41)40-17-8-10-21-46(40)54-47/h1-30H. The molecule has 0 aliphatic rings. The van der Waals surface area contributed by atoms with Crippen molar-refractivity contribution in [2.45, 2.75) is 0 Å². The van der Waals surface area contributed by atoms with Crippen molar-refractivity contribution in [3.63, 3.8) is 0 Å². The van der Waals surface area contributed by atoms with Gasteiger partial charge in [0.2, 0.25) is 0 Å². The van der Waals surface area contributed by atoms with E-state index in [1.807, 2.05) is 29.5 Å². The zero-order valence-corrected chi connectivity index (χ0v) is 29.8. The van der Waals surface area contributed by atoms with Gasteiger partial charge in [-0.25, -0.2) is 9.97 Å². The highest BCUT2D eigenvalue weighted by molar-refractivity contribution is 7.26. The Labute approximate surface area is 315 Å². The Bertz CT molecular complexity index is 3220. The Kier molecular flexibility index (Phi) is 7.04. The lowest BCUT2D eigenvalue weighted by Gasteiger charge is -2.13. The largest absolute Gasteiger partial charge is 0.456 e. The van der Waals surface area contributed by atoms with Crippen LogP contribution in [0.3, 0.4) is 0 Å². The van der Waals surface area contributed by atoms with Crippen molar-refractivity contribution in [3.05, 3.63) is 182 Å². The molecule has 8 aromatic carbocycles. The van der Waals surface area contributed by atoms with Crippen LogP contribution in [0.1, 0.15) is 0 Å². The van der Waals surface area contributed by atoms with Gasteiger partial charge in [0.1, 0.15) is 11.2 Å². The zero-order valence-electron chi connectivity index (χ0n) is 29.0. The van der Waals surface area contributed by atoms with E-state index in [0.717, 1.165) is 66.5 Å². The lowest BCUT2D eigenvalue weighted by Crippen LogP contribution is -1.97. The Balaban J connectivity index is 1.18. The van der Waals surface area contributed by atoms with Crippen LogP contribution >= 0.6 is 11.3 Å². The van der Waals surface area contributed by atoms with Gasteiger partial charge in [-0.3, -0.25) is 0 Å². The molecule has 3 nitrogen and oxygen atoms in total. The topological polar surface area (TPSA) is 38.9 Å². The molecule has 0 amide bonds. The number of thiophene rings is 1. The second kappa shape index (κ2) is 12.4. The van der Waals surface area contributed by atoms with Gasteiger partial charge in [0.05, 0.1) is 11.4 Å². The highest BCUT2D eigenvalue weighted by Crippen LogP contribution is 2.44. The summed E-state index contributed by atoms with van der Waals surface area (Å²) < 4.78 is 8.81. The van der Waals surface area contributed by atoms with Crippen LogP contribution in [-0.4, -0.2) is 9.97 Å². The van der Waals surface area contributed by atoms with Crippen LogP contribution in [0.5, 0.6) is 0 Å². The monoisotopic (exact) mass is 706 g/mol. The number of fused-ring (bicyclic) bond motifs is 7. The third-order valence-electron chi connectivity index (χ3n) is 10.5. The van der Waals surface area contributed by atoms with Crippen LogP contribution in [0.15, 0.2) is 186 Å². The van der Waals surface area contributed by atoms with Gasteiger partial charge in [-0.05, 0) is 81.6 Å². The van der Waals surface area contributed by atoms with Crippen LogP contribution < -0.4 is 0 Å². The predicted molar refractivity (Wildman–Crippen MR) is 227 cm³/mol. The number of para-hydroxylation sites is 1. The summed E-state index contributed by atoms with van der Waals surface area (Å²) >= 11 is 1.82. The zero-order chi connectivity index (χ0) is 35.6. The van der Waals surface area contributed by atoms with Crippen molar-refractivity contribution in [2.75, 3.05) is 0 Å². The summed E-state index contributed by atoms with van der Waals surface area (Å²) in [5, 5.41) is 6.87. The van der Waals surface area contributed by atoms with E-state index in [4.69, 9.17) is 14.4 Å². The Morgan fingerprint density at radius 1 is 0.370 bits per heavy atom. The summed E-state index contributed by atoms with van der Waals surface area (Å²) in [4.78, 5) is 10.9. The molecule has 54 heavy (non-hydrogen) atoms. The maximum absolute atomic E-state index is 6.35. The van der Waals surface area contributed by atoms with E-state index in [1.165, 1.54) is 36.7 Å². The van der Waals surface area contributed by atoms with E-state index in [-0.39, 0.29) is 0 Å². The molecule has 0 aliphatic carbocycles. The summed E-state index contributed by atoms with van der Waals surface area (Å²) in [6.07, 6.45) is 0. The molecule has 11 aromatic rings. The first-order chi connectivity index (χ1) is 26.7. The average molecular weight is 707 g/mol. The fraction of sp³-hybridized carbons (Fsp3) is 0. The van der Waals surface area contributed by atoms with Crippen LogP contribution in [0, 0.1) is 0 Å². The van der Waals surface area contributed by atoms with Gasteiger partial charge in [0.15, 0.2) is 5.82 Å². The SMILES string of the molecule is c1ccc(-c2ccc3cc(-c4cc(-c5cccc6oc7ccccc7c56)nc(-c5cc(-c6ccccc6)cc6sc7ccccc7c56)n4)ccc3c2)cc1. The third kappa shape index (κ3) is 5.11. The minimum Gasteiger partial charge on any atom is -0.456 e. The van der Waals surface area contributed by atoms with E-state index in [0.29, 0.717) is 5.82 Å². The number of hydrogen-bond donors (Lipinski definition) is 0. The average Bonchev–Trinajstić information content (AvgIpc) is 3.82. The highest BCUT2D eigenvalue weighted by atomic mass is 32.1. The number of nitrogens with zero attached hydrogens (tertiary/aromatic N) is 2. The van der Waals surface area contributed by atoms with E-state index in [1.54, 1.807) is 0 Å². The quantitative estimate of drug-likeness (QED) is 0.179. The van der Waals surface area contributed by atoms with Crippen LogP contribution in [0.2, 0.25) is 0 Å². The molecule has 0 bridgehead atoms. The first kappa shape index (κ1) is 30.7. The molecular weight excluding hydrogens is 677 g/mol. The van der Waals surface area contributed by atoms with Crippen LogP contribution in [0.4, 0.5) is 0 Å². The number of rotatable bonds is 5. The van der Waals surface area contributed by atoms with Gasteiger partial charge in [-0.1, -0.05) is 133 Å². The second-order valence-electron chi connectivity index (χ2n) is 13.7. The maximum atomic E-state index is 6.35. The molecule has 11 rings (SSSR count). The van der Waals surface area contributed by atoms with Crippen LogP contribution in [0.25, 0.3) is 109 Å². The molecule has 0 N–H and O–H groups in total. The van der Waals surface area contributed by atoms with Crippen molar-refractivity contribution >= 4 is 64.2 Å². The fourth-order valence-corrected chi connectivity index (χ4v) is 9.06. The summed E-state index contributed by atoms with van der Waals surface area (Å²) in [5.41, 5.74) is 11.2. The lowest BCUT2D eigenvalue weighted by molar-refractivity contribution is 0.669. The first-order valence-electron chi connectivity index (χ1n) is 18.1. The van der Waals surface area contributed by atoms with Gasteiger partial charge in [0.25, 0.3) is 0 Å². The highest BCUT2D eigenvalue weighted by Gasteiger charge is 2.20.